The Morgan fingerprint density at radius 1 is 1.11 bits per heavy atom. The summed E-state index contributed by atoms with van der Waals surface area (Å²) in [5, 5.41) is 6.55. The van der Waals surface area contributed by atoms with Crippen molar-refractivity contribution in [1.82, 2.24) is 9.62 Å². The number of benzene rings is 2. The van der Waals surface area contributed by atoms with E-state index in [4.69, 9.17) is 11.6 Å². The molecule has 0 bridgehead atoms. The van der Waals surface area contributed by atoms with E-state index in [1.165, 1.54) is 16.4 Å². The molecule has 0 radical (unpaired) electrons. The number of sulfonamides is 1. The van der Waals surface area contributed by atoms with E-state index in [9.17, 15) is 13.2 Å². The molecule has 0 aromatic heterocycles. The zero-order chi connectivity index (χ0) is 20.1. The molecule has 1 heterocycles. The molecule has 0 saturated carbocycles. The summed E-state index contributed by atoms with van der Waals surface area (Å²) in [6.07, 6.45) is 1.79. The molecule has 2 aromatic rings. The summed E-state index contributed by atoms with van der Waals surface area (Å²) in [7, 11) is -3.44. The monoisotopic (exact) mass is 421 g/mol. The molecular weight excluding hydrogens is 398 g/mol. The third-order valence-corrected chi connectivity index (χ3v) is 7.04. The van der Waals surface area contributed by atoms with Gasteiger partial charge in [0.1, 0.15) is 0 Å². The highest BCUT2D eigenvalue weighted by atomic mass is 35.5. The molecule has 0 spiro atoms. The van der Waals surface area contributed by atoms with Crippen LogP contribution in [0.1, 0.15) is 31.4 Å². The number of nitrogens with zero attached hydrogens (tertiary/aromatic N) is 1. The highest BCUT2D eigenvalue weighted by Gasteiger charge is 2.26. The van der Waals surface area contributed by atoms with Crippen molar-refractivity contribution in [3.63, 3.8) is 0 Å². The third-order valence-electron chi connectivity index (χ3n) is 4.78. The van der Waals surface area contributed by atoms with Gasteiger partial charge in [0.2, 0.25) is 15.9 Å². The molecule has 2 N–H and O–H groups in total. The Balaban J connectivity index is 1.55. The van der Waals surface area contributed by atoms with Gasteiger partial charge in [-0.25, -0.2) is 8.42 Å². The number of carbonyl (C=O) groups is 1. The Morgan fingerprint density at radius 3 is 2.39 bits per heavy atom. The van der Waals surface area contributed by atoms with Crippen LogP contribution in [0.4, 0.5) is 5.69 Å². The topological polar surface area (TPSA) is 78.5 Å². The van der Waals surface area contributed by atoms with E-state index < -0.39 is 10.0 Å². The van der Waals surface area contributed by atoms with Crippen molar-refractivity contribution in [2.75, 3.05) is 25.0 Å². The standard InChI is InChI=1S/C20H24ClN3O3S/c1-15(18-6-2-3-7-19(18)21)22-14-20(25)23-16-8-10-17(11-9-16)28(26,27)24-12-4-5-13-24/h2-3,6-11,15,22H,4-5,12-14H2,1H3,(H,23,25)/t15-/m1/s1. The second-order valence-electron chi connectivity index (χ2n) is 6.81. The first-order valence-corrected chi connectivity index (χ1v) is 11.1. The lowest BCUT2D eigenvalue weighted by molar-refractivity contribution is -0.115. The zero-order valence-electron chi connectivity index (χ0n) is 15.7. The van der Waals surface area contributed by atoms with Gasteiger partial charge < -0.3 is 10.6 Å². The summed E-state index contributed by atoms with van der Waals surface area (Å²) < 4.78 is 26.6. The fraction of sp³-hybridized carbons (Fsp3) is 0.350. The van der Waals surface area contributed by atoms with Gasteiger partial charge >= 0.3 is 0 Å². The van der Waals surface area contributed by atoms with Gasteiger partial charge in [-0.2, -0.15) is 4.31 Å². The first kappa shape index (κ1) is 20.8. The van der Waals surface area contributed by atoms with Crippen molar-refractivity contribution in [3.05, 3.63) is 59.1 Å². The lowest BCUT2D eigenvalue weighted by atomic mass is 10.1. The molecule has 0 aliphatic carbocycles. The molecule has 1 amide bonds. The average molecular weight is 422 g/mol. The number of rotatable bonds is 7. The highest BCUT2D eigenvalue weighted by molar-refractivity contribution is 7.89. The van der Waals surface area contributed by atoms with Gasteiger partial charge in [-0.05, 0) is 55.7 Å². The Bertz CT molecular complexity index is 926. The molecule has 150 valence electrons. The lowest BCUT2D eigenvalue weighted by Gasteiger charge is -2.16. The van der Waals surface area contributed by atoms with E-state index in [1.54, 1.807) is 12.1 Å². The molecule has 1 fully saturated rings. The first-order valence-electron chi connectivity index (χ1n) is 9.26. The van der Waals surface area contributed by atoms with E-state index >= 15 is 0 Å². The van der Waals surface area contributed by atoms with E-state index in [2.05, 4.69) is 10.6 Å². The second-order valence-corrected chi connectivity index (χ2v) is 9.15. The summed E-state index contributed by atoms with van der Waals surface area (Å²) in [6.45, 7) is 3.18. The first-order chi connectivity index (χ1) is 13.4. The molecule has 28 heavy (non-hydrogen) atoms. The van der Waals surface area contributed by atoms with Crippen LogP contribution in [0.25, 0.3) is 0 Å². The molecule has 1 atom stereocenters. The number of halogens is 1. The summed E-state index contributed by atoms with van der Waals surface area (Å²) in [4.78, 5) is 12.4. The maximum atomic E-state index is 12.5. The molecular formula is C20H24ClN3O3S. The van der Waals surface area contributed by atoms with Crippen molar-refractivity contribution in [1.29, 1.82) is 0 Å². The minimum Gasteiger partial charge on any atom is -0.325 e. The molecule has 0 unspecified atom stereocenters. The van der Waals surface area contributed by atoms with Crippen LogP contribution in [-0.2, 0) is 14.8 Å². The zero-order valence-corrected chi connectivity index (χ0v) is 17.3. The molecule has 2 aromatic carbocycles. The predicted molar refractivity (Wildman–Crippen MR) is 111 cm³/mol. The van der Waals surface area contributed by atoms with Gasteiger partial charge in [0.05, 0.1) is 11.4 Å². The fourth-order valence-corrected chi connectivity index (χ4v) is 4.99. The molecule has 8 heteroatoms. The lowest BCUT2D eigenvalue weighted by Crippen LogP contribution is -2.30. The van der Waals surface area contributed by atoms with Crippen LogP contribution in [0, 0.1) is 0 Å². The fourth-order valence-electron chi connectivity index (χ4n) is 3.17. The third kappa shape index (κ3) is 4.91. The number of amides is 1. The Hall–Kier alpha value is -1.93. The minimum atomic E-state index is -3.44. The van der Waals surface area contributed by atoms with Crippen molar-refractivity contribution in [2.24, 2.45) is 0 Å². The van der Waals surface area contributed by atoms with Gasteiger partial charge in [-0.15, -0.1) is 0 Å². The van der Waals surface area contributed by atoms with E-state index in [0.29, 0.717) is 23.8 Å². The largest absolute Gasteiger partial charge is 0.325 e. The van der Waals surface area contributed by atoms with E-state index in [1.807, 2.05) is 31.2 Å². The maximum Gasteiger partial charge on any atom is 0.243 e. The summed E-state index contributed by atoms with van der Waals surface area (Å²) in [5.41, 5.74) is 1.48. The summed E-state index contributed by atoms with van der Waals surface area (Å²) in [6, 6.07) is 13.7. The Morgan fingerprint density at radius 2 is 1.75 bits per heavy atom. The molecule has 6 nitrogen and oxygen atoms in total. The minimum absolute atomic E-state index is 0.0765. The van der Waals surface area contributed by atoms with Gasteiger partial charge in [-0.1, -0.05) is 29.8 Å². The normalized spacial score (nSPS) is 16.1. The van der Waals surface area contributed by atoms with Crippen LogP contribution < -0.4 is 10.6 Å². The van der Waals surface area contributed by atoms with Gasteiger partial charge in [-0.3, -0.25) is 4.79 Å². The van der Waals surface area contributed by atoms with Crippen LogP contribution in [0.15, 0.2) is 53.4 Å². The number of hydrogen-bond donors (Lipinski definition) is 2. The highest BCUT2D eigenvalue weighted by Crippen LogP contribution is 2.23. The number of anilines is 1. The number of nitrogens with one attached hydrogen (secondary N) is 2. The van der Waals surface area contributed by atoms with E-state index in [-0.39, 0.29) is 23.4 Å². The van der Waals surface area contributed by atoms with Crippen LogP contribution in [0.3, 0.4) is 0 Å². The van der Waals surface area contributed by atoms with Crippen LogP contribution in [0.2, 0.25) is 5.02 Å². The average Bonchev–Trinajstić information content (AvgIpc) is 3.23. The van der Waals surface area contributed by atoms with Gasteiger partial charge in [0.15, 0.2) is 0 Å². The summed E-state index contributed by atoms with van der Waals surface area (Å²) in [5.74, 6) is -0.214. The molecule has 3 rings (SSSR count). The van der Waals surface area contributed by atoms with Gasteiger partial charge in [0, 0.05) is 29.8 Å². The van der Waals surface area contributed by atoms with Crippen LogP contribution in [0.5, 0.6) is 0 Å². The quantitative estimate of drug-likeness (QED) is 0.718. The SMILES string of the molecule is C[C@@H](NCC(=O)Nc1ccc(S(=O)(=O)N2CCCC2)cc1)c1ccccc1Cl. The van der Waals surface area contributed by atoms with Crippen molar-refractivity contribution < 1.29 is 13.2 Å². The number of carbonyl (C=O) groups excluding carboxylic acids is 1. The van der Waals surface area contributed by atoms with Crippen LogP contribution in [-0.4, -0.2) is 38.3 Å². The molecule has 1 aliphatic heterocycles. The van der Waals surface area contributed by atoms with E-state index in [0.717, 1.165) is 18.4 Å². The second kappa shape index (κ2) is 9.05. The van der Waals surface area contributed by atoms with Crippen molar-refractivity contribution >= 4 is 33.2 Å². The van der Waals surface area contributed by atoms with Gasteiger partial charge in [0.25, 0.3) is 0 Å². The number of hydrogen-bond acceptors (Lipinski definition) is 4. The maximum absolute atomic E-state index is 12.5. The van der Waals surface area contributed by atoms with Crippen molar-refractivity contribution in [2.45, 2.75) is 30.7 Å². The summed E-state index contributed by atoms with van der Waals surface area (Å²) >= 11 is 6.17. The molecule has 1 aliphatic rings. The van der Waals surface area contributed by atoms with Crippen LogP contribution >= 0.6 is 11.6 Å². The Kier molecular flexibility index (Phi) is 6.72. The predicted octanol–water partition coefficient (Wildman–Crippen LogP) is 3.41. The Labute approximate surface area is 170 Å². The smallest absolute Gasteiger partial charge is 0.243 e. The van der Waals surface area contributed by atoms with Crippen molar-refractivity contribution in [3.8, 4) is 0 Å². The molecule has 1 saturated heterocycles.